The first kappa shape index (κ1) is 13.8. The summed E-state index contributed by atoms with van der Waals surface area (Å²) >= 11 is 3.37. The van der Waals surface area contributed by atoms with E-state index < -0.39 is 0 Å². The van der Waals surface area contributed by atoms with Gasteiger partial charge in [0.05, 0.1) is 18.0 Å². The Balaban J connectivity index is 1.84. The van der Waals surface area contributed by atoms with Crippen molar-refractivity contribution in [3.8, 4) is 5.75 Å². The number of ketones is 1. The number of benzene rings is 2. The molecule has 0 saturated carbocycles. The molecule has 0 fully saturated rings. The minimum atomic E-state index is -0.0510. The zero-order valence-electron chi connectivity index (χ0n) is 11.3. The largest absolute Gasteiger partial charge is 0.496 e. The van der Waals surface area contributed by atoms with E-state index in [2.05, 4.69) is 20.9 Å². The third kappa shape index (κ3) is 2.83. The van der Waals surface area contributed by atoms with Crippen LogP contribution in [0.25, 0.3) is 11.1 Å². The molecule has 21 heavy (non-hydrogen) atoms. The van der Waals surface area contributed by atoms with Gasteiger partial charge in [0.25, 0.3) is 0 Å². The molecule has 0 radical (unpaired) electrons. The van der Waals surface area contributed by atoms with Crippen molar-refractivity contribution in [1.82, 2.24) is 4.98 Å². The number of carbonyl (C=O) groups excluding carboxylic acids is 1. The predicted octanol–water partition coefficient (Wildman–Crippen LogP) is 4.02. The van der Waals surface area contributed by atoms with Crippen LogP contribution < -0.4 is 4.74 Å². The smallest absolute Gasteiger partial charge is 0.203 e. The summed E-state index contributed by atoms with van der Waals surface area (Å²) in [7, 11) is 1.58. The quantitative estimate of drug-likeness (QED) is 0.670. The lowest BCUT2D eigenvalue weighted by atomic mass is 10.1. The number of halogens is 1. The van der Waals surface area contributed by atoms with Crippen LogP contribution in [0.15, 0.2) is 51.4 Å². The first-order valence-corrected chi connectivity index (χ1v) is 7.18. The molecule has 2 aromatic carbocycles. The molecule has 106 valence electrons. The van der Waals surface area contributed by atoms with Gasteiger partial charge < -0.3 is 9.15 Å². The van der Waals surface area contributed by atoms with Crippen molar-refractivity contribution in [2.24, 2.45) is 0 Å². The predicted molar refractivity (Wildman–Crippen MR) is 82.7 cm³/mol. The summed E-state index contributed by atoms with van der Waals surface area (Å²) in [6, 6.07) is 12.7. The molecule has 3 aromatic rings. The second kappa shape index (κ2) is 5.69. The molecule has 1 aromatic heterocycles. The monoisotopic (exact) mass is 345 g/mol. The molecular formula is C16H12BrNO3. The summed E-state index contributed by atoms with van der Waals surface area (Å²) in [5.74, 6) is 1.06. The minimum absolute atomic E-state index is 0.0510. The Morgan fingerprint density at radius 1 is 1.29 bits per heavy atom. The second-order valence-electron chi connectivity index (χ2n) is 4.52. The number of para-hydroxylation sites is 2. The van der Waals surface area contributed by atoms with Crippen LogP contribution in [0.1, 0.15) is 16.2 Å². The van der Waals surface area contributed by atoms with Gasteiger partial charge in [-0.2, -0.15) is 0 Å². The molecule has 0 saturated heterocycles. The number of hydrogen-bond acceptors (Lipinski definition) is 4. The van der Waals surface area contributed by atoms with Crippen LogP contribution in [0.2, 0.25) is 0 Å². The van der Waals surface area contributed by atoms with Crippen molar-refractivity contribution in [2.45, 2.75) is 6.42 Å². The number of nitrogens with zero attached hydrogens (tertiary/aromatic N) is 1. The highest BCUT2D eigenvalue weighted by molar-refractivity contribution is 9.10. The Bertz CT molecular complexity index is 777. The Morgan fingerprint density at radius 2 is 2.10 bits per heavy atom. The van der Waals surface area contributed by atoms with Crippen LogP contribution in [-0.4, -0.2) is 17.9 Å². The van der Waals surface area contributed by atoms with Gasteiger partial charge in [0, 0.05) is 5.56 Å². The molecule has 4 nitrogen and oxygen atoms in total. The third-order valence-corrected chi connectivity index (χ3v) is 3.74. The van der Waals surface area contributed by atoms with E-state index in [4.69, 9.17) is 9.15 Å². The van der Waals surface area contributed by atoms with Gasteiger partial charge in [0.15, 0.2) is 11.4 Å². The van der Waals surface area contributed by atoms with Crippen LogP contribution in [0, 0.1) is 0 Å². The molecule has 0 unspecified atom stereocenters. The first-order valence-electron chi connectivity index (χ1n) is 6.38. The number of carbonyl (C=O) groups is 1. The maximum absolute atomic E-state index is 12.3. The van der Waals surface area contributed by atoms with Gasteiger partial charge >= 0.3 is 0 Å². The van der Waals surface area contributed by atoms with Gasteiger partial charge in [-0.15, -0.1) is 0 Å². The number of aromatic nitrogens is 1. The molecule has 3 rings (SSSR count). The maximum Gasteiger partial charge on any atom is 0.203 e. The van der Waals surface area contributed by atoms with E-state index in [0.29, 0.717) is 22.8 Å². The maximum atomic E-state index is 12.3. The Morgan fingerprint density at radius 3 is 2.81 bits per heavy atom. The number of fused-ring (bicyclic) bond motifs is 1. The van der Waals surface area contributed by atoms with Crippen molar-refractivity contribution in [1.29, 1.82) is 0 Å². The van der Waals surface area contributed by atoms with Crippen molar-refractivity contribution in [3.05, 3.63) is 58.4 Å². The summed E-state index contributed by atoms with van der Waals surface area (Å²) in [6.07, 6.45) is 0.132. The molecule has 0 aliphatic carbocycles. The molecule has 1 heterocycles. The lowest BCUT2D eigenvalue weighted by Crippen LogP contribution is -2.04. The average Bonchev–Trinajstić information content (AvgIpc) is 2.89. The number of hydrogen-bond donors (Lipinski definition) is 0. The highest BCUT2D eigenvalue weighted by atomic mass is 79.9. The molecule has 0 N–H and O–H groups in total. The van der Waals surface area contributed by atoms with Crippen molar-refractivity contribution in [3.63, 3.8) is 0 Å². The first-order chi connectivity index (χ1) is 10.2. The number of rotatable bonds is 4. The Labute approximate surface area is 129 Å². The molecule has 0 aliphatic heterocycles. The van der Waals surface area contributed by atoms with Crippen LogP contribution in [-0.2, 0) is 6.42 Å². The lowest BCUT2D eigenvalue weighted by Gasteiger charge is -2.04. The van der Waals surface area contributed by atoms with E-state index in [9.17, 15) is 4.79 Å². The topological polar surface area (TPSA) is 52.3 Å². The standard InChI is InChI=1S/C16H12BrNO3/c1-20-14-7-6-10(8-11(14)17)13(19)9-16-18-12-4-2-3-5-15(12)21-16/h2-8H,9H2,1H3. The number of Topliss-reactive ketones (excluding diaryl/α,β-unsaturated/α-hetero) is 1. The van der Waals surface area contributed by atoms with E-state index in [0.717, 1.165) is 9.99 Å². The molecule has 5 heteroatoms. The van der Waals surface area contributed by atoms with Gasteiger partial charge in [-0.1, -0.05) is 12.1 Å². The third-order valence-electron chi connectivity index (χ3n) is 3.12. The lowest BCUT2D eigenvalue weighted by molar-refractivity contribution is 0.0986. The fourth-order valence-corrected chi connectivity index (χ4v) is 2.62. The van der Waals surface area contributed by atoms with Crippen LogP contribution in [0.4, 0.5) is 0 Å². The summed E-state index contributed by atoms with van der Waals surface area (Å²) in [5, 5.41) is 0. The zero-order valence-corrected chi connectivity index (χ0v) is 12.9. The molecule has 0 spiro atoms. The fraction of sp³-hybridized carbons (Fsp3) is 0.125. The zero-order chi connectivity index (χ0) is 14.8. The van der Waals surface area contributed by atoms with Crippen molar-refractivity contribution >= 4 is 32.8 Å². The molecule has 0 amide bonds. The highest BCUT2D eigenvalue weighted by Crippen LogP contribution is 2.26. The summed E-state index contributed by atoms with van der Waals surface area (Å²) < 4.78 is 11.5. The van der Waals surface area contributed by atoms with E-state index in [1.807, 2.05) is 24.3 Å². The van der Waals surface area contributed by atoms with Gasteiger partial charge in [-0.25, -0.2) is 4.98 Å². The fourth-order valence-electron chi connectivity index (χ4n) is 2.07. The molecule has 0 aliphatic rings. The highest BCUT2D eigenvalue weighted by Gasteiger charge is 2.14. The molecular weight excluding hydrogens is 334 g/mol. The van der Waals surface area contributed by atoms with E-state index in [1.54, 1.807) is 25.3 Å². The second-order valence-corrected chi connectivity index (χ2v) is 5.38. The summed E-state index contributed by atoms with van der Waals surface area (Å²) in [6.45, 7) is 0. The summed E-state index contributed by atoms with van der Waals surface area (Å²) in [4.78, 5) is 16.6. The van der Waals surface area contributed by atoms with Crippen molar-refractivity contribution < 1.29 is 13.9 Å². The SMILES string of the molecule is COc1ccc(C(=O)Cc2nc3ccccc3o2)cc1Br. The van der Waals surface area contributed by atoms with E-state index >= 15 is 0 Å². The van der Waals surface area contributed by atoms with Gasteiger partial charge in [-0.3, -0.25) is 4.79 Å². The normalized spacial score (nSPS) is 10.8. The Hall–Kier alpha value is -2.14. The van der Waals surface area contributed by atoms with Gasteiger partial charge in [-0.05, 0) is 46.3 Å². The summed E-state index contributed by atoms with van der Waals surface area (Å²) in [5.41, 5.74) is 2.04. The average molecular weight is 346 g/mol. The molecule has 0 atom stereocenters. The number of methoxy groups -OCH3 is 1. The minimum Gasteiger partial charge on any atom is -0.496 e. The van der Waals surface area contributed by atoms with Crippen LogP contribution in [0.3, 0.4) is 0 Å². The van der Waals surface area contributed by atoms with Crippen LogP contribution >= 0.6 is 15.9 Å². The molecule has 0 bridgehead atoms. The Kier molecular flexibility index (Phi) is 3.75. The van der Waals surface area contributed by atoms with Gasteiger partial charge in [0.2, 0.25) is 5.89 Å². The number of ether oxygens (including phenoxy) is 1. The van der Waals surface area contributed by atoms with Gasteiger partial charge in [0.1, 0.15) is 11.3 Å². The van der Waals surface area contributed by atoms with Crippen LogP contribution in [0.5, 0.6) is 5.75 Å². The number of oxazole rings is 1. The van der Waals surface area contributed by atoms with E-state index in [1.165, 1.54) is 0 Å². The van der Waals surface area contributed by atoms with Crippen molar-refractivity contribution in [2.75, 3.05) is 7.11 Å². The van der Waals surface area contributed by atoms with E-state index in [-0.39, 0.29) is 12.2 Å².